The molecule has 0 aromatic rings. The first-order chi connectivity index (χ1) is 9.66. The third-order valence-electron chi connectivity index (χ3n) is 4.09. The Balaban J connectivity index is 1.57. The summed E-state index contributed by atoms with van der Waals surface area (Å²) in [5.74, 6) is 0.509. The van der Waals surface area contributed by atoms with Gasteiger partial charge in [-0.3, -0.25) is 9.59 Å². The zero-order chi connectivity index (χ0) is 14.4. The number of rotatable bonds is 6. The predicted octanol–water partition coefficient (Wildman–Crippen LogP) is 3.02. The standard InChI is InChI=1S/C14H23NO3S2/c16-13(4-2-1-3-12-7-10-19-20-12)15-8-5-11(6-9-15)14(17)18/h11-12H,1-10H2,(H,17,18)/t12-/m0/s1. The first-order valence-electron chi connectivity index (χ1n) is 7.45. The van der Waals surface area contributed by atoms with Crippen LogP contribution in [0.25, 0.3) is 0 Å². The molecule has 0 unspecified atom stereocenters. The summed E-state index contributed by atoms with van der Waals surface area (Å²) in [4.78, 5) is 24.7. The lowest BCUT2D eigenvalue weighted by Crippen LogP contribution is -2.40. The maximum atomic E-state index is 12.0. The summed E-state index contributed by atoms with van der Waals surface area (Å²) in [6.07, 6.45) is 6.49. The molecule has 2 rings (SSSR count). The molecule has 6 heteroatoms. The molecule has 1 atom stereocenters. The summed E-state index contributed by atoms with van der Waals surface area (Å²) in [5.41, 5.74) is 0. The van der Waals surface area contributed by atoms with Crippen molar-refractivity contribution in [3.8, 4) is 0 Å². The van der Waals surface area contributed by atoms with Crippen LogP contribution in [0.4, 0.5) is 0 Å². The molecule has 0 aromatic carbocycles. The first-order valence-corrected chi connectivity index (χ1v) is 9.84. The van der Waals surface area contributed by atoms with Gasteiger partial charge in [0.15, 0.2) is 0 Å². The SMILES string of the molecule is O=C(O)C1CCN(C(=O)CCCC[C@H]2CCSS2)CC1. The summed E-state index contributed by atoms with van der Waals surface area (Å²) in [6.45, 7) is 1.23. The van der Waals surface area contributed by atoms with Gasteiger partial charge in [-0.1, -0.05) is 28.0 Å². The van der Waals surface area contributed by atoms with E-state index in [1.807, 2.05) is 26.5 Å². The van der Waals surface area contributed by atoms with Crippen molar-refractivity contribution >= 4 is 33.5 Å². The lowest BCUT2D eigenvalue weighted by Gasteiger charge is -2.30. The molecule has 2 aliphatic heterocycles. The molecule has 0 aromatic heterocycles. The van der Waals surface area contributed by atoms with Crippen LogP contribution in [0.2, 0.25) is 0 Å². The van der Waals surface area contributed by atoms with E-state index in [1.165, 1.54) is 18.6 Å². The number of carboxylic acids is 1. The second kappa shape index (κ2) is 8.17. The molecule has 114 valence electrons. The summed E-state index contributed by atoms with van der Waals surface area (Å²) in [5, 5.41) is 9.73. The van der Waals surface area contributed by atoms with Crippen LogP contribution in [0.5, 0.6) is 0 Å². The van der Waals surface area contributed by atoms with E-state index in [9.17, 15) is 9.59 Å². The lowest BCUT2D eigenvalue weighted by molar-refractivity contribution is -0.145. The number of aliphatic carboxylic acids is 1. The molecule has 0 bridgehead atoms. The number of likely N-dealkylation sites (tertiary alicyclic amines) is 1. The van der Waals surface area contributed by atoms with E-state index in [4.69, 9.17) is 5.11 Å². The van der Waals surface area contributed by atoms with Crippen LogP contribution in [0.1, 0.15) is 44.9 Å². The summed E-state index contributed by atoms with van der Waals surface area (Å²) in [7, 11) is 3.96. The van der Waals surface area contributed by atoms with Crippen molar-refractivity contribution in [3.63, 3.8) is 0 Å². The molecule has 2 heterocycles. The molecule has 0 aliphatic carbocycles. The van der Waals surface area contributed by atoms with Crippen molar-refractivity contribution in [3.05, 3.63) is 0 Å². The molecule has 1 amide bonds. The molecule has 20 heavy (non-hydrogen) atoms. The summed E-state index contributed by atoms with van der Waals surface area (Å²) >= 11 is 0. The number of unbranched alkanes of at least 4 members (excludes halogenated alkanes) is 1. The molecular weight excluding hydrogens is 294 g/mol. The minimum Gasteiger partial charge on any atom is -0.481 e. The van der Waals surface area contributed by atoms with Gasteiger partial charge in [-0.25, -0.2) is 0 Å². The quantitative estimate of drug-likeness (QED) is 0.603. The van der Waals surface area contributed by atoms with Gasteiger partial charge in [-0.2, -0.15) is 0 Å². The van der Waals surface area contributed by atoms with Crippen LogP contribution in [-0.4, -0.2) is 46.0 Å². The second-order valence-corrected chi connectivity index (χ2v) is 8.36. The van der Waals surface area contributed by atoms with E-state index >= 15 is 0 Å². The van der Waals surface area contributed by atoms with Gasteiger partial charge >= 0.3 is 5.97 Å². The highest BCUT2D eigenvalue weighted by Gasteiger charge is 2.26. The Bertz CT molecular complexity index is 337. The number of piperidine rings is 1. The Kier molecular flexibility index (Phi) is 6.55. The molecule has 0 radical (unpaired) electrons. The topological polar surface area (TPSA) is 57.6 Å². The monoisotopic (exact) mass is 317 g/mol. The van der Waals surface area contributed by atoms with E-state index in [1.54, 1.807) is 0 Å². The van der Waals surface area contributed by atoms with Crippen molar-refractivity contribution in [2.24, 2.45) is 5.92 Å². The Morgan fingerprint density at radius 2 is 1.90 bits per heavy atom. The van der Waals surface area contributed by atoms with Gasteiger partial charge in [0, 0.05) is 30.5 Å². The number of hydrogen-bond donors (Lipinski definition) is 1. The smallest absolute Gasteiger partial charge is 0.306 e. The number of nitrogens with zero attached hydrogens (tertiary/aromatic N) is 1. The Labute approximate surface area is 128 Å². The fourth-order valence-corrected chi connectivity index (χ4v) is 5.77. The van der Waals surface area contributed by atoms with Gasteiger partial charge in [0.1, 0.15) is 0 Å². The minimum absolute atomic E-state index is 0.210. The van der Waals surface area contributed by atoms with Crippen molar-refractivity contribution in [1.29, 1.82) is 0 Å². The average molecular weight is 317 g/mol. The maximum Gasteiger partial charge on any atom is 0.306 e. The average Bonchev–Trinajstić information content (AvgIpc) is 2.96. The molecule has 2 fully saturated rings. The van der Waals surface area contributed by atoms with E-state index in [0.717, 1.165) is 18.1 Å². The largest absolute Gasteiger partial charge is 0.481 e. The number of amides is 1. The van der Waals surface area contributed by atoms with Crippen LogP contribution < -0.4 is 0 Å². The number of carbonyl (C=O) groups is 2. The van der Waals surface area contributed by atoms with Crippen LogP contribution in [0, 0.1) is 5.92 Å². The van der Waals surface area contributed by atoms with Crippen molar-refractivity contribution in [1.82, 2.24) is 4.90 Å². The highest BCUT2D eigenvalue weighted by molar-refractivity contribution is 8.77. The second-order valence-electron chi connectivity index (χ2n) is 5.57. The highest BCUT2D eigenvalue weighted by Crippen LogP contribution is 2.39. The van der Waals surface area contributed by atoms with Gasteiger partial charge in [-0.05, 0) is 32.1 Å². The van der Waals surface area contributed by atoms with Crippen LogP contribution in [0.3, 0.4) is 0 Å². The van der Waals surface area contributed by atoms with Crippen molar-refractivity contribution in [2.45, 2.75) is 50.2 Å². The van der Waals surface area contributed by atoms with Crippen LogP contribution >= 0.6 is 21.6 Å². The normalized spacial score (nSPS) is 24.0. The van der Waals surface area contributed by atoms with Gasteiger partial charge in [0.25, 0.3) is 0 Å². The zero-order valence-electron chi connectivity index (χ0n) is 11.8. The van der Waals surface area contributed by atoms with Gasteiger partial charge < -0.3 is 10.0 Å². The van der Waals surface area contributed by atoms with Crippen molar-refractivity contribution in [2.75, 3.05) is 18.8 Å². The minimum atomic E-state index is -0.718. The number of carbonyl (C=O) groups excluding carboxylic acids is 1. The zero-order valence-corrected chi connectivity index (χ0v) is 13.4. The number of carboxylic acid groups (broad SMARTS) is 1. The van der Waals surface area contributed by atoms with Gasteiger partial charge in [0.2, 0.25) is 5.91 Å². The molecular formula is C14H23NO3S2. The highest BCUT2D eigenvalue weighted by atomic mass is 33.1. The van der Waals surface area contributed by atoms with Crippen LogP contribution in [0.15, 0.2) is 0 Å². The van der Waals surface area contributed by atoms with E-state index in [0.29, 0.717) is 32.4 Å². The third-order valence-corrected chi connectivity index (χ3v) is 7.10. The van der Waals surface area contributed by atoms with E-state index < -0.39 is 5.97 Å². The summed E-state index contributed by atoms with van der Waals surface area (Å²) < 4.78 is 0. The van der Waals surface area contributed by atoms with Crippen molar-refractivity contribution < 1.29 is 14.7 Å². The Hall–Kier alpha value is -0.360. The Morgan fingerprint density at radius 3 is 2.50 bits per heavy atom. The maximum absolute atomic E-state index is 12.0. The first kappa shape index (κ1) is 16.0. The number of hydrogen-bond acceptors (Lipinski definition) is 4. The fourth-order valence-electron chi connectivity index (χ4n) is 2.75. The lowest BCUT2D eigenvalue weighted by atomic mass is 9.97. The fraction of sp³-hybridized carbons (Fsp3) is 0.857. The van der Waals surface area contributed by atoms with E-state index in [-0.39, 0.29) is 11.8 Å². The Morgan fingerprint density at radius 1 is 1.15 bits per heavy atom. The van der Waals surface area contributed by atoms with E-state index in [2.05, 4.69) is 0 Å². The predicted molar refractivity (Wildman–Crippen MR) is 83.9 cm³/mol. The van der Waals surface area contributed by atoms with Gasteiger partial charge in [-0.15, -0.1) is 0 Å². The van der Waals surface area contributed by atoms with Gasteiger partial charge in [0.05, 0.1) is 5.92 Å². The summed E-state index contributed by atoms with van der Waals surface area (Å²) in [6, 6.07) is 0. The molecule has 2 saturated heterocycles. The van der Waals surface area contributed by atoms with Crippen LogP contribution in [-0.2, 0) is 9.59 Å². The third kappa shape index (κ3) is 4.88. The molecule has 0 spiro atoms. The molecule has 0 saturated carbocycles. The molecule has 1 N–H and O–H groups in total. The molecule has 2 aliphatic rings. The molecule has 4 nitrogen and oxygen atoms in total.